The molecule has 0 aliphatic heterocycles. The summed E-state index contributed by atoms with van der Waals surface area (Å²) in [6, 6.07) is 12.5. The van der Waals surface area contributed by atoms with E-state index in [1.807, 2.05) is 0 Å². The van der Waals surface area contributed by atoms with E-state index in [1.165, 1.54) is 12.1 Å². The maximum absolute atomic E-state index is 12.1. The van der Waals surface area contributed by atoms with Crippen LogP contribution in [-0.4, -0.2) is 22.9 Å². The number of carboxylic acids is 1. The number of nitrogens with one attached hydrogen (secondary N) is 1. The maximum Gasteiger partial charge on any atom is 0.339 e. The van der Waals surface area contributed by atoms with Crippen LogP contribution in [-0.2, 0) is 4.79 Å². The van der Waals surface area contributed by atoms with Crippen molar-refractivity contribution in [1.29, 1.82) is 5.41 Å². The van der Waals surface area contributed by atoms with Gasteiger partial charge in [0.05, 0.1) is 5.56 Å². The van der Waals surface area contributed by atoms with Crippen LogP contribution in [0.25, 0.3) is 6.08 Å². The summed E-state index contributed by atoms with van der Waals surface area (Å²) in [7, 11) is 0. The fourth-order valence-electron chi connectivity index (χ4n) is 1.92. The average molecular weight is 324 g/mol. The second-order valence-corrected chi connectivity index (χ2v) is 5.08. The highest BCUT2D eigenvalue weighted by molar-refractivity contribution is 5.96. The van der Waals surface area contributed by atoms with Crippen LogP contribution in [0, 0.1) is 5.41 Å². The minimum atomic E-state index is -1.00. The Hall–Kier alpha value is -3.41. The number of hydrogen-bond donors (Lipinski definition) is 3. The van der Waals surface area contributed by atoms with Crippen molar-refractivity contribution in [2.75, 3.05) is 0 Å². The van der Waals surface area contributed by atoms with Crippen LogP contribution in [0.3, 0.4) is 0 Å². The molecule has 0 atom stereocenters. The number of ether oxygens (including phenoxy) is 1. The number of carbonyl (C=O) groups excluding carboxylic acids is 1. The Kier molecular flexibility index (Phi) is 5.11. The lowest BCUT2D eigenvalue weighted by molar-refractivity contribution is -0.130. The van der Waals surface area contributed by atoms with Gasteiger partial charge in [-0.25, -0.2) is 9.59 Å². The van der Waals surface area contributed by atoms with Gasteiger partial charge in [-0.15, -0.1) is 0 Å². The molecule has 2 rings (SSSR count). The molecule has 6 heteroatoms. The summed E-state index contributed by atoms with van der Waals surface area (Å²) in [6.45, 7) is 1.61. The van der Waals surface area contributed by atoms with Gasteiger partial charge in [0.1, 0.15) is 11.6 Å². The van der Waals surface area contributed by atoms with E-state index in [2.05, 4.69) is 0 Å². The van der Waals surface area contributed by atoms with E-state index in [0.29, 0.717) is 22.4 Å². The Balaban J connectivity index is 2.08. The van der Waals surface area contributed by atoms with E-state index >= 15 is 0 Å². The van der Waals surface area contributed by atoms with E-state index in [9.17, 15) is 9.59 Å². The molecular formula is C18H16N2O4. The van der Waals surface area contributed by atoms with Crippen molar-refractivity contribution in [2.45, 2.75) is 6.92 Å². The first kappa shape index (κ1) is 17.0. The van der Waals surface area contributed by atoms with Crippen molar-refractivity contribution in [3.05, 3.63) is 70.8 Å². The molecule has 6 nitrogen and oxygen atoms in total. The third kappa shape index (κ3) is 4.30. The van der Waals surface area contributed by atoms with Gasteiger partial charge in [0.25, 0.3) is 0 Å². The molecule has 2 aromatic carbocycles. The van der Waals surface area contributed by atoms with Crippen molar-refractivity contribution >= 4 is 23.9 Å². The van der Waals surface area contributed by atoms with E-state index in [4.69, 9.17) is 21.0 Å². The molecule has 2 aromatic rings. The van der Waals surface area contributed by atoms with Crippen LogP contribution < -0.4 is 10.5 Å². The summed E-state index contributed by atoms with van der Waals surface area (Å²) in [4.78, 5) is 22.9. The van der Waals surface area contributed by atoms with Gasteiger partial charge < -0.3 is 15.6 Å². The van der Waals surface area contributed by atoms with Gasteiger partial charge in [0.2, 0.25) is 0 Å². The number of aromatic carboxylic acids is 1. The van der Waals surface area contributed by atoms with Crippen molar-refractivity contribution in [2.24, 2.45) is 5.73 Å². The zero-order chi connectivity index (χ0) is 17.7. The second-order valence-electron chi connectivity index (χ2n) is 5.08. The SMILES string of the molecule is CC(=Cc1ccc(C(=O)O)cc1)C(=O)Oc1ccc(C(=N)N)cc1. The predicted octanol–water partition coefficient (Wildman–Crippen LogP) is 2.68. The molecule has 0 bridgehead atoms. The quantitative estimate of drug-likeness (QED) is 0.257. The number of carboxylic acid groups (broad SMARTS) is 1. The normalized spacial score (nSPS) is 11.0. The Morgan fingerprint density at radius 2 is 1.58 bits per heavy atom. The zero-order valence-electron chi connectivity index (χ0n) is 12.9. The molecule has 0 amide bonds. The van der Waals surface area contributed by atoms with Crippen LogP contribution in [0.1, 0.15) is 28.4 Å². The monoisotopic (exact) mass is 324 g/mol. The lowest BCUT2D eigenvalue weighted by Crippen LogP contribution is -2.12. The molecule has 0 fully saturated rings. The number of benzene rings is 2. The smallest absolute Gasteiger partial charge is 0.339 e. The van der Waals surface area contributed by atoms with Gasteiger partial charge >= 0.3 is 11.9 Å². The van der Waals surface area contributed by atoms with Crippen molar-refractivity contribution in [3.8, 4) is 5.75 Å². The summed E-state index contributed by atoms with van der Waals surface area (Å²) < 4.78 is 5.23. The summed E-state index contributed by atoms with van der Waals surface area (Å²) in [5, 5.41) is 16.2. The highest BCUT2D eigenvalue weighted by Gasteiger charge is 2.08. The van der Waals surface area contributed by atoms with Crippen LogP contribution in [0.4, 0.5) is 0 Å². The van der Waals surface area contributed by atoms with Gasteiger partial charge in [-0.1, -0.05) is 12.1 Å². The van der Waals surface area contributed by atoms with Gasteiger partial charge in [0.15, 0.2) is 0 Å². The minimum absolute atomic E-state index is 0.0613. The molecule has 0 saturated carbocycles. The van der Waals surface area contributed by atoms with Gasteiger partial charge in [-0.2, -0.15) is 0 Å². The minimum Gasteiger partial charge on any atom is -0.478 e. The highest BCUT2D eigenvalue weighted by Crippen LogP contribution is 2.15. The Morgan fingerprint density at radius 1 is 1.04 bits per heavy atom. The Morgan fingerprint density at radius 3 is 2.08 bits per heavy atom. The third-order valence-electron chi connectivity index (χ3n) is 3.24. The van der Waals surface area contributed by atoms with E-state index in [0.717, 1.165) is 0 Å². The largest absolute Gasteiger partial charge is 0.478 e. The average Bonchev–Trinajstić information content (AvgIpc) is 2.55. The molecule has 0 unspecified atom stereocenters. The zero-order valence-corrected chi connectivity index (χ0v) is 12.9. The number of nitrogens with two attached hydrogens (primary N) is 1. The maximum atomic E-state index is 12.1. The number of carbonyl (C=O) groups is 2. The van der Waals surface area contributed by atoms with Crippen LogP contribution in [0.5, 0.6) is 5.75 Å². The molecule has 0 aliphatic rings. The molecular weight excluding hydrogens is 308 g/mol. The molecule has 4 N–H and O–H groups in total. The van der Waals surface area contributed by atoms with E-state index < -0.39 is 11.9 Å². The molecule has 0 aliphatic carbocycles. The Bertz CT molecular complexity index is 806. The van der Waals surface area contributed by atoms with Crippen molar-refractivity contribution in [1.82, 2.24) is 0 Å². The number of nitrogen functional groups attached to an aromatic ring is 1. The predicted molar refractivity (Wildman–Crippen MR) is 90.1 cm³/mol. The summed E-state index contributed by atoms with van der Waals surface area (Å²) in [5.41, 5.74) is 7.14. The molecule has 0 spiro atoms. The highest BCUT2D eigenvalue weighted by atomic mass is 16.5. The molecule has 0 aromatic heterocycles. The number of hydrogen-bond acceptors (Lipinski definition) is 4. The third-order valence-corrected chi connectivity index (χ3v) is 3.24. The fourth-order valence-corrected chi connectivity index (χ4v) is 1.92. The number of rotatable bonds is 5. The van der Waals surface area contributed by atoms with Crippen LogP contribution >= 0.6 is 0 Å². The van der Waals surface area contributed by atoms with Crippen molar-refractivity contribution in [3.63, 3.8) is 0 Å². The second kappa shape index (κ2) is 7.23. The van der Waals surface area contributed by atoms with E-state index in [-0.39, 0.29) is 11.4 Å². The molecule has 0 saturated heterocycles. The van der Waals surface area contributed by atoms with E-state index in [1.54, 1.807) is 49.4 Å². The number of amidine groups is 1. The molecule has 122 valence electrons. The first-order chi connectivity index (χ1) is 11.4. The first-order valence-electron chi connectivity index (χ1n) is 7.05. The van der Waals surface area contributed by atoms with Crippen LogP contribution in [0.2, 0.25) is 0 Å². The topological polar surface area (TPSA) is 113 Å². The lowest BCUT2D eigenvalue weighted by atomic mass is 10.1. The van der Waals surface area contributed by atoms with Gasteiger partial charge in [-0.05, 0) is 55.0 Å². The molecule has 0 heterocycles. The molecule has 24 heavy (non-hydrogen) atoms. The Labute approximate surface area is 138 Å². The molecule has 0 radical (unpaired) electrons. The standard InChI is InChI=1S/C18H16N2O4/c1-11(10-12-2-4-14(5-3-12)17(21)22)18(23)24-15-8-6-13(7-9-15)16(19)20/h2-10H,1H3,(H3,19,20)(H,21,22). The fraction of sp³-hybridized carbons (Fsp3) is 0.0556. The summed E-state index contributed by atoms with van der Waals surface area (Å²) in [6.07, 6.45) is 1.61. The van der Waals surface area contributed by atoms with Crippen molar-refractivity contribution < 1.29 is 19.4 Å². The van der Waals surface area contributed by atoms with Gasteiger partial charge in [-0.3, -0.25) is 5.41 Å². The summed E-state index contributed by atoms with van der Waals surface area (Å²) >= 11 is 0. The number of esters is 1. The van der Waals surface area contributed by atoms with Gasteiger partial charge in [0, 0.05) is 11.1 Å². The van der Waals surface area contributed by atoms with Crippen LogP contribution in [0.15, 0.2) is 54.1 Å². The lowest BCUT2D eigenvalue weighted by Gasteiger charge is -2.06. The summed E-state index contributed by atoms with van der Waals surface area (Å²) in [5.74, 6) is -1.24. The first-order valence-corrected chi connectivity index (χ1v) is 7.05.